The molecule has 3 heterocycles. The van der Waals surface area contributed by atoms with Gasteiger partial charge in [0, 0.05) is 38.2 Å². The molecule has 148 valence electrons. The summed E-state index contributed by atoms with van der Waals surface area (Å²) in [6, 6.07) is 0.581. The van der Waals surface area contributed by atoms with Gasteiger partial charge in [-0.05, 0) is 45.2 Å². The number of piperidine rings is 1. The Hall–Kier alpha value is -2.22. The second kappa shape index (κ2) is 7.80. The lowest BCUT2D eigenvalue weighted by molar-refractivity contribution is -0.115. The van der Waals surface area contributed by atoms with Crippen molar-refractivity contribution in [3.8, 4) is 0 Å². The molecule has 0 spiro atoms. The largest absolute Gasteiger partial charge is 0.370 e. The SMILES string of the molecule is CC(N)=O.CNC1CCN(c2ncnc3[nH]c4c(c23)CC(C)(F)CC4)CC1. The highest BCUT2D eigenvalue weighted by molar-refractivity contribution is 5.92. The van der Waals surface area contributed by atoms with Crippen LogP contribution in [0.4, 0.5) is 10.2 Å². The van der Waals surface area contributed by atoms with Crippen molar-refractivity contribution < 1.29 is 9.18 Å². The number of hydrogen-bond acceptors (Lipinski definition) is 5. The van der Waals surface area contributed by atoms with Crippen LogP contribution in [0.2, 0.25) is 0 Å². The van der Waals surface area contributed by atoms with Crippen LogP contribution < -0.4 is 16.0 Å². The molecule has 2 aromatic heterocycles. The summed E-state index contributed by atoms with van der Waals surface area (Å²) in [5.74, 6) is 0.639. The molecule has 0 bridgehead atoms. The van der Waals surface area contributed by atoms with E-state index in [9.17, 15) is 9.18 Å². The topological polar surface area (TPSA) is 99.9 Å². The molecular weight excluding hydrogens is 347 g/mol. The summed E-state index contributed by atoms with van der Waals surface area (Å²) in [6.45, 7) is 4.96. The molecule has 1 aliphatic carbocycles. The molecule has 1 aliphatic heterocycles. The van der Waals surface area contributed by atoms with E-state index in [0.29, 0.717) is 18.9 Å². The Morgan fingerprint density at radius 3 is 2.70 bits per heavy atom. The molecule has 1 fully saturated rings. The standard InChI is InChI=1S/C17H24FN5.C2H5NO/c1-17(18)6-3-13-12(9-17)14-15(22-13)20-10-21-16(14)23-7-4-11(19-2)5-8-23;1-2(3)4/h10-11,19H,3-9H2,1-2H3,(H,20,21,22);1H3,(H2,3,4). The number of aromatic amines is 1. The molecule has 8 heteroatoms. The molecule has 1 unspecified atom stereocenters. The van der Waals surface area contributed by atoms with E-state index in [0.717, 1.165) is 60.5 Å². The minimum Gasteiger partial charge on any atom is -0.370 e. The number of aryl methyl sites for hydroxylation is 1. The molecule has 0 aromatic carbocycles. The van der Waals surface area contributed by atoms with E-state index in [4.69, 9.17) is 0 Å². The highest BCUT2D eigenvalue weighted by Crippen LogP contribution is 2.38. The molecule has 1 amide bonds. The number of amides is 1. The Balaban J connectivity index is 0.000000481. The highest BCUT2D eigenvalue weighted by Gasteiger charge is 2.33. The van der Waals surface area contributed by atoms with Gasteiger partial charge in [-0.1, -0.05) is 0 Å². The average molecular weight is 376 g/mol. The number of nitrogens with two attached hydrogens (primary N) is 1. The van der Waals surface area contributed by atoms with Gasteiger partial charge in [-0.3, -0.25) is 4.79 Å². The van der Waals surface area contributed by atoms with E-state index in [1.807, 2.05) is 7.05 Å². The van der Waals surface area contributed by atoms with E-state index in [-0.39, 0.29) is 5.91 Å². The third-order valence-electron chi connectivity index (χ3n) is 5.41. The minimum absolute atomic E-state index is 0.333. The van der Waals surface area contributed by atoms with Crippen molar-refractivity contribution in [1.29, 1.82) is 0 Å². The first kappa shape index (κ1) is 19.5. The number of fused-ring (bicyclic) bond motifs is 3. The van der Waals surface area contributed by atoms with Crippen molar-refractivity contribution in [1.82, 2.24) is 20.3 Å². The second-order valence-electron chi connectivity index (χ2n) is 7.75. The van der Waals surface area contributed by atoms with Crippen LogP contribution in [-0.4, -0.2) is 52.7 Å². The second-order valence-corrected chi connectivity index (χ2v) is 7.75. The van der Waals surface area contributed by atoms with Gasteiger partial charge < -0.3 is 20.9 Å². The lowest BCUT2D eigenvalue weighted by Crippen LogP contribution is -2.41. The number of primary amides is 1. The molecule has 27 heavy (non-hydrogen) atoms. The predicted octanol–water partition coefficient (Wildman–Crippen LogP) is 1.85. The van der Waals surface area contributed by atoms with Crippen LogP contribution in [-0.2, 0) is 17.6 Å². The number of nitrogens with one attached hydrogen (secondary N) is 2. The van der Waals surface area contributed by atoms with Crippen molar-refractivity contribution in [3.05, 3.63) is 17.6 Å². The van der Waals surface area contributed by atoms with Crippen LogP contribution in [0.15, 0.2) is 6.33 Å². The first-order valence-electron chi connectivity index (χ1n) is 9.52. The maximum atomic E-state index is 14.5. The number of hydrogen-bond donors (Lipinski definition) is 3. The monoisotopic (exact) mass is 376 g/mol. The number of carbonyl (C=O) groups is 1. The molecule has 7 nitrogen and oxygen atoms in total. The van der Waals surface area contributed by atoms with Gasteiger partial charge in [0.25, 0.3) is 0 Å². The van der Waals surface area contributed by atoms with Crippen molar-refractivity contribution in [3.63, 3.8) is 0 Å². The van der Waals surface area contributed by atoms with Gasteiger partial charge in [-0.15, -0.1) is 0 Å². The van der Waals surface area contributed by atoms with Gasteiger partial charge >= 0.3 is 0 Å². The molecule has 4 rings (SSSR count). The van der Waals surface area contributed by atoms with Gasteiger partial charge in [-0.2, -0.15) is 0 Å². The number of rotatable bonds is 2. The molecular formula is C19H29FN6O. The highest BCUT2D eigenvalue weighted by atomic mass is 19.1. The first-order valence-corrected chi connectivity index (χ1v) is 9.52. The van der Waals surface area contributed by atoms with E-state index >= 15 is 0 Å². The zero-order valence-electron chi connectivity index (χ0n) is 16.3. The smallest absolute Gasteiger partial charge is 0.214 e. The average Bonchev–Trinajstić information content (AvgIpc) is 2.98. The van der Waals surface area contributed by atoms with Crippen molar-refractivity contribution in [2.75, 3.05) is 25.0 Å². The summed E-state index contributed by atoms with van der Waals surface area (Å²) in [7, 11) is 2.02. The van der Waals surface area contributed by atoms with Crippen LogP contribution >= 0.6 is 0 Å². The Labute approximate surface area is 158 Å². The molecule has 2 aromatic rings. The number of H-pyrrole nitrogens is 1. The molecule has 0 radical (unpaired) electrons. The van der Waals surface area contributed by atoms with Crippen LogP contribution in [0, 0.1) is 0 Å². The third kappa shape index (κ3) is 4.37. The van der Waals surface area contributed by atoms with E-state index in [2.05, 4.69) is 30.9 Å². The van der Waals surface area contributed by atoms with Crippen LogP contribution in [0.3, 0.4) is 0 Å². The zero-order valence-corrected chi connectivity index (χ0v) is 16.3. The maximum Gasteiger partial charge on any atom is 0.214 e. The van der Waals surface area contributed by atoms with Crippen molar-refractivity contribution in [2.45, 2.75) is 57.7 Å². The number of anilines is 1. The van der Waals surface area contributed by atoms with Gasteiger partial charge in [0.05, 0.1) is 5.39 Å². The zero-order chi connectivity index (χ0) is 19.6. The van der Waals surface area contributed by atoms with Crippen molar-refractivity contribution >= 4 is 22.8 Å². The lowest BCUT2D eigenvalue weighted by atomic mass is 9.85. The molecule has 4 N–H and O–H groups in total. The quantitative estimate of drug-likeness (QED) is 0.743. The van der Waals surface area contributed by atoms with Gasteiger partial charge in [0.15, 0.2) is 0 Å². The minimum atomic E-state index is -1.13. The molecule has 2 aliphatic rings. The predicted molar refractivity (Wildman–Crippen MR) is 105 cm³/mol. The number of nitrogens with zero attached hydrogens (tertiary/aromatic N) is 3. The number of alkyl halides is 1. The Kier molecular flexibility index (Phi) is 5.64. The van der Waals surface area contributed by atoms with E-state index < -0.39 is 5.67 Å². The number of carbonyl (C=O) groups excluding carboxylic acids is 1. The Morgan fingerprint density at radius 2 is 2.07 bits per heavy atom. The van der Waals surface area contributed by atoms with E-state index in [1.54, 1.807) is 13.3 Å². The third-order valence-corrected chi connectivity index (χ3v) is 5.41. The number of halogens is 1. The van der Waals surface area contributed by atoms with Gasteiger partial charge in [0.1, 0.15) is 23.5 Å². The van der Waals surface area contributed by atoms with Crippen LogP contribution in [0.25, 0.3) is 11.0 Å². The van der Waals surface area contributed by atoms with Gasteiger partial charge in [-0.25, -0.2) is 14.4 Å². The van der Waals surface area contributed by atoms with Crippen molar-refractivity contribution in [2.24, 2.45) is 5.73 Å². The fourth-order valence-electron chi connectivity index (χ4n) is 3.99. The van der Waals surface area contributed by atoms with E-state index in [1.165, 1.54) is 6.92 Å². The molecule has 0 saturated carbocycles. The first-order chi connectivity index (χ1) is 12.8. The summed E-state index contributed by atoms with van der Waals surface area (Å²) in [4.78, 5) is 23.9. The van der Waals surface area contributed by atoms with Crippen LogP contribution in [0.1, 0.15) is 44.4 Å². The number of aromatic nitrogens is 3. The summed E-state index contributed by atoms with van der Waals surface area (Å²) < 4.78 is 14.5. The van der Waals surface area contributed by atoms with Gasteiger partial charge in [0.2, 0.25) is 5.91 Å². The summed E-state index contributed by atoms with van der Waals surface area (Å²) in [6.07, 6.45) is 5.61. The summed E-state index contributed by atoms with van der Waals surface area (Å²) in [5, 5.41) is 4.39. The Bertz CT molecular complexity index is 806. The summed E-state index contributed by atoms with van der Waals surface area (Å²) >= 11 is 0. The maximum absolute atomic E-state index is 14.5. The Morgan fingerprint density at radius 1 is 1.41 bits per heavy atom. The normalized spacial score (nSPS) is 22.9. The summed E-state index contributed by atoms with van der Waals surface area (Å²) in [5.41, 5.74) is 6.42. The van der Waals surface area contributed by atoms with Crippen LogP contribution in [0.5, 0.6) is 0 Å². The fraction of sp³-hybridized carbons (Fsp3) is 0.632. The molecule has 1 saturated heterocycles. The molecule has 1 atom stereocenters. The fourth-order valence-corrected chi connectivity index (χ4v) is 3.99. The lowest BCUT2D eigenvalue weighted by Gasteiger charge is -2.33.